The molecule has 1 aliphatic heterocycles. The van der Waals surface area contributed by atoms with Crippen LogP contribution in [0.2, 0.25) is 0 Å². The third-order valence-corrected chi connectivity index (χ3v) is 10.4. The second kappa shape index (κ2) is 19.3. The highest BCUT2D eigenvalue weighted by Crippen LogP contribution is 2.21. The molecule has 1 saturated heterocycles. The molecule has 1 aliphatic rings. The Morgan fingerprint density at radius 2 is 1.74 bits per heavy atom. The van der Waals surface area contributed by atoms with Crippen molar-refractivity contribution in [2.45, 2.75) is 97.7 Å². The minimum Gasteiger partial charge on any atom is -0.508 e. The standard InChI is InChI=1S/C40H58N6O6S/c1-26(2)32(20-41-39(51)52-24-30-25-53-38(42-30)27(3)4)36(49)43-33(19-28-12-9-8-10-13-28)35(48)23-46-17-16-45(21-29-14-11-15-31(47)18-29)22-34(46)37(50)44-40(5,6)7/h8-15,18,25-27,32-35,47-48H,16-17,19-24H2,1-7H3,(H,41,51)(H,43,49)(H,44,50)/t32-,33-,34-,35+/m1/s1. The van der Waals surface area contributed by atoms with E-state index < -0.39 is 35.7 Å². The van der Waals surface area contributed by atoms with Crippen LogP contribution < -0.4 is 16.0 Å². The van der Waals surface area contributed by atoms with Crippen LogP contribution in [0.3, 0.4) is 0 Å². The maximum absolute atomic E-state index is 13.9. The number of nitrogens with zero attached hydrogens (tertiary/aromatic N) is 3. The zero-order valence-corrected chi connectivity index (χ0v) is 33.0. The van der Waals surface area contributed by atoms with E-state index in [0.717, 1.165) is 16.1 Å². The van der Waals surface area contributed by atoms with Gasteiger partial charge in [-0.15, -0.1) is 11.3 Å². The third-order valence-electron chi connectivity index (χ3n) is 9.23. The fourth-order valence-corrected chi connectivity index (χ4v) is 7.15. The van der Waals surface area contributed by atoms with Crippen molar-refractivity contribution in [2.75, 3.05) is 32.7 Å². The lowest BCUT2D eigenvalue weighted by atomic mass is 9.93. The summed E-state index contributed by atoms with van der Waals surface area (Å²) in [5.41, 5.74) is 2.12. The summed E-state index contributed by atoms with van der Waals surface area (Å²) in [6, 6.07) is 15.5. The molecule has 0 unspecified atom stereocenters. The van der Waals surface area contributed by atoms with Gasteiger partial charge in [-0.05, 0) is 56.4 Å². The Morgan fingerprint density at radius 3 is 2.38 bits per heavy atom. The van der Waals surface area contributed by atoms with E-state index in [2.05, 4.69) is 39.7 Å². The van der Waals surface area contributed by atoms with E-state index in [-0.39, 0.29) is 43.2 Å². The molecule has 2 aromatic carbocycles. The zero-order valence-electron chi connectivity index (χ0n) is 32.2. The molecule has 0 bridgehead atoms. The van der Waals surface area contributed by atoms with Crippen molar-refractivity contribution in [3.05, 3.63) is 81.8 Å². The van der Waals surface area contributed by atoms with Gasteiger partial charge in [0.25, 0.3) is 0 Å². The van der Waals surface area contributed by atoms with Gasteiger partial charge < -0.3 is 30.9 Å². The van der Waals surface area contributed by atoms with Crippen molar-refractivity contribution >= 4 is 29.2 Å². The topological polar surface area (TPSA) is 156 Å². The summed E-state index contributed by atoms with van der Waals surface area (Å²) >= 11 is 1.53. The van der Waals surface area contributed by atoms with Crippen LogP contribution in [0.4, 0.5) is 4.79 Å². The number of phenolic OH excluding ortho intramolecular Hbond substituents is 1. The Morgan fingerprint density at radius 1 is 1.02 bits per heavy atom. The second-order valence-electron chi connectivity index (χ2n) is 15.7. The number of aliphatic hydroxyl groups is 1. The molecule has 2 heterocycles. The smallest absolute Gasteiger partial charge is 0.407 e. The molecule has 5 N–H and O–H groups in total. The molecule has 3 aromatic rings. The minimum absolute atomic E-state index is 0.0395. The fourth-order valence-electron chi connectivity index (χ4n) is 6.33. The van der Waals surface area contributed by atoms with Crippen molar-refractivity contribution in [1.29, 1.82) is 0 Å². The molecule has 3 amide bonds. The molecule has 4 atom stereocenters. The highest BCUT2D eigenvalue weighted by atomic mass is 32.1. The van der Waals surface area contributed by atoms with Gasteiger partial charge in [0.2, 0.25) is 11.8 Å². The Hall–Kier alpha value is -4.04. The van der Waals surface area contributed by atoms with Crippen LogP contribution in [0.5, 0.6) is 5.75 Å². The summed E-state index contributed by atoms with van der Waals surface area (Å²) in [6.45, 7) is 16.2. The number of alkyl carbamates (subject to hydrolysis) is 1. The van der Waals surface area contributed by atoms with Crippen LogP contribution in [0.1, 0.15) is 76.2 Å². The number of carbonyl (C=O) groups is 3. The predicted molar refractivity (Wildman–Crippen MR) is 207 cm³/mol. The van der Waals surface area contributed by atoms with Gasteiger partial charge >= 0.3 is 6.09 Å². The molecule has 1 fully saturated rings. The van der Waals surface area contributed by atoms with Crippen LogP contribution in [-0.4, -0.2) is 99.4 Å². The van der Waals surface area contributed by atoms with Crippen LogP contribution in [-0.2, 0) is 33.9 Å². The maximum Gasteiger partial charge on any atom is 0.407 e. The van der Waals surface area contributed by atoms with Gasteiger partial charge in [0.05, 0.1) is 28.8 Å². The number of aromatic hydroxyl groups is 1. The quantitative estimate of drug-likeness (QED) is 0.141. The SMILES string of the molecule is CC(C)c1nc(COC(=O)NC[C@@H](C(=O)N[C@H](Cc2ccccc2)[C@@H](O)CN2CCN(Cc3cccc(O)c3)C[C@@H]2C(=O)NC(C)(C)C)C(C)C)cs1. The first-order valence-corrected chi connectivity index (χ1v) is 19.4. The average molecular weight is 751 g/mol. The molecular weight excluding hydrogens is 693 g/mol. The Kier molecular flexibility index (Phi) is 15.2. The lowest BCUT2D eigenvalue weighted by molar-refractivity contribution is -0.132. The zero-order chi connectivity index (χ0) is 38.7. The largest absolute Gasteiger partial charge is 0.508 e. The number of hydrogen-bond donors (Lipinski definition) is 5. The number of nitrogens with one attached hydrogen (secondary N) is 3. The van der Waals surface area contributed by atoms with E-state index in [1.54, 1.807) is 18.2 Å². The van der Waals surface area contributed by atoms with Gasteiger partial charge in [0, 0.05) is 56.1 Å². The van der Waals surface area contributed by atoms with E-state index in [4.69, 9.17) is 4.74 Å². The summed E-state index contributed by atoms with van der Waals surface area (Å²) in [7, 11) is 0. The first kappa shape index (κ1) is 41.7. The van der Waals surface area contributed by atoms with Gasteiger partial charge in [-0.25, -0.2) is 9.78 Å². The molecule has 12 nitrogen and oxygen atoms in total. The van der Waals surface area contributed by atoms with Crippen molar-refractivity contribution in [1.82, 2.24) is 30.7 Å². The monoisotopic (exact) mass is 750 g/mol. The van der Waals surface area contributed by atoms with E-state index in [9.17, 15) is 24.6 Å². The number of benzene rings is 2. The van der Waals surface area contributed by atoms with Gasteiger partial charge in [-0.2, -0.15) is 0 Å². The summed E-state index contributed by atoms with van der Waals surface area (Å²) < 4.78 is 5.39. The van der Waals surface area contributed by atoms with Gasteiger partial charge in [-0.3, -0.25) is 19.4 Å². The molecule has 53 heavy (non-hydrogen) atoms. The maximum atomic E-state index is 13.9. The highest BCUT2D eigenvalue weighted by Gasteiger charge is 2.37. The van der Waals surface area contributed by atoms with Crippen LogP contribution >= 0.6 is 11.3 Å². The number of amides is 3. The number of carbonyl (C=O) groups excluding carboxylic acids is 3. The van der Waals surface area contributed by atoms with Crippen LogP contribution in [0.25, 0.3) is 0 Å². The average Bonchev–Trinajstić information content (AvgIpc) is 3.57. The summed E-state index contributed by atoms with van der Waals surface area (Å²) in [5.74, 6) is -0.659. The number of aliphatic hydroxyl groups excluding tert-OH is 1. The predicted octanol–water partition coefficient (Wildman–Crippen LogP) is 4.66. The van der Waals surface area contributed by atoms with E-state index in [1.165, 1.54) is 11.3 Å². The lowest BCUT2D eigenvalue weighted by Gasteiger charge is -2.43. The van der Waals surface area contributed by atoms with Crippen molar-refractivity contribution in [3.63, 3.8) is 0 Å². The number of β-amino-alcohol motifs (C(OH)–C–C–N with tert-alkyl or cyclic N) is 1. The molecule has 4 rings (SSSR count). The number of ether oxygens (including phenoxy) is 1. The van der Waals surface area contributed by atoms with Gasteiger partial charge in [0.15, 0.2) is 0 Å². The van der Waals surface area contributed by atoms with Crippen molar-refractivity contribution < 1.29 is 29.3 Å². The van der Waals surface area contributed by atoms with E-state index in [1.807, 2.05) is 81.3 Å². The Labute approximate surface area is 318 Å². The fraction of sp³-hybridized carbons (Fsp3) is 0.550. The molecule has 290 valence electrons. The number of piperazine rings is 1. The Bertz CT molecular complexity index is 1630. The van der Waals surface area contributed by atoms with Crippen molar-refractivity contribution in [3.8, 4) is 5.75 Å². The molecule has 1 aromatic heterocycles. The second-order valence-corrected chi connectivity index (χ2v) is 16.6. The number of aromatic nitrogens is 1. The number of phenols is 1. The van der Waals surface area contributed by atoms with E-state index >= 15 is 0 Å². The van der Waals surface area contributed by atoms with Crippen molar-refractivity contribution in [2.24, 2.45) is 11.8 Å². The highest BCUT2D eigenvalue weighted by molar-refractivity contribution is 7.09. The first-order chi connectivity index (χ1) is 25.1. The number of thiazole rings is 1. The minimum atomic E-state index is -1.01. The molecule has 0 saturated carbocycles. The molecule has 0 aliphatic carbocycles. The van der Waals surface area contributed by atoms with E-state index in [0.29, 0.717) is 44.2 Å². The summed E-state index contributed by atoms with van der Waals surface area (Å²) in [4.78, 5) is 48.9. The van der Waals surface area contributed by atoms with Gasteiger partial charge in [0.1, 0.15) is 18.4 Å². The Balaban J connectivity index is 1.44. The van der Waals surface area contributed by atoms with Crippen LogP contribution in [0.15, 0.2) is 60.0 Å². The lowest BCUT2D eigenvalue weighted by Crippen LogP contribution is -2.63. The van der Waals surface area contributed by atoms with Gasteiger partial charge in [-0.1, -0.05) is 70.2 Å². The molecule has 13 heteroatoms. The number of rotatable bonds is 16. The molecular formula is C40H58N6O6S. The van der Waals surface area contributed by atoms with Crippen LogP contribution in [0, 0.1) is 11.8 Å². The third kappa shape index (κ3) is 13.4. The number of hydrogen-bond acceptors (Lipinski definition) is 10. The molecule has 0 radical (unpaired) electrons. The first-order valence-electron chi connectivity index (χ1n) is 18.5. The summed E-state index contributed by atoms with van der Waals surface area (Å²) in [5, 5.41) is 33.7. The molecule has 0 spiro atoms. The normalized spacial score (nSPS) is 17.3. The summed E-state index contributed by atoms with van der Waals surface area (Å²) in [6.07, 6.45) is -1.27.